The van der Waals surface area contributed by atoms with E-state index in [0.29, 0.717) is 18.2 Å². The number of hydrogen-bond acceptors (Lipinski definition) is 5. The first kappa shape index (κ1) is 13.0. The molecule has 22 heavy (non-hydrogen) atoms. The Labute approximate surface area is 131 Å². The van der Waals surface area contributed by atoms with Gasteiger partial charge in [0.1, 0.15) is 11.5 Å². The van der Waals surface area contributed by atoms with E-state index in [9.17, 15) is 0 Å². The van der Waals surface area contributed by atoms with Gasteiger partial charge in [-0.2, -0.15) is 14.6 Å². The Morgan fingerprint density at radius 1 is 1.05 bits per heavy atom. The molecule has 0 aliphatic rings. The topological polar surface area (TPSA) is 69.1 Å². The second kappa shape index (κ2) is 5.23. The Balaban J connectivity index is 1.76. The highest BCUT2D eigenvalue weighted by Gasteiger charge is 2.11. The fraction of sp³-hybridized carbons (Fsp3) is 0.0625. The SMILES string of the molecule is Nc1nc(Cc2ccccc2)nc2cc(-c3cccs3)nn12. The predicted octanol–water partition coefficient (Wildman–Crippen LogP) is 3.03. The lowest BCUT2D eigenvalue weighted by Crippen LogP contribution is -2.07. The van der Waals surface area contributed by atoms with Crippen LogP contribution in [0.25, 0.3) is 16.2 Å². The Morgan fingerprint density at radius 2 is 1.91 bits per heavy atom. The lowest BCUT2D eigenvalue weighted by atomic mass is 10.1. The number of thiophene rings is 1. The first-order valence-corrected chi connectivity index (χ1v) is 7.77. The van der Waals surface area contributed by atoms with Crippen molar-refractivity contribution >= 4 is 22.9 Å². The molecule has 0 spiro atoms. The summed E-state index contributed by atoms with van der Waals surface area (Å²) in [4.78, 5) is 10.0. The molecule has 1 aromatic carbocycles. The molecule has 0 fully saturated rings. The van der Waals surface area contributed by atoms with Crippen LogP contribution in [0.5, 0.6) is 0 Å². The number of aromatic nitrogens is 4. The van der Waals surface area contributed by atoms with Crippen LogP contribution in [-0.4, -0.2) is 19.6 Å². The number of hydrogen-bond donors (Lipinski definition) is 1. The van der Waals surface area contributed by atoms with Crippen LogP contribution in [0.1, 0.15) is 11.4 Å². The molecule has 0 amide bonds. The average Bonchev–Trinajstić information content (AvgIpc) is 3.17. The first-order chi connectivity index (χ1) is 10.8. The van der Waals surface area contributed by atoms with E-state index in [2.05, 4.69) is 27.2 Å². The summed E-state index contributed by atoms with van der Waals surface area (Å²) in [5, 5.41) is 6.50. The van der Waals surface area contributed by atoms with Crippen LogP contribution in [0.3, 0.4) is 0 Å². The molecule has 6 heteroatoms. The van der Waals surface area contributed by atoms with E-state index in [0.717, 1.165) is 21.8 Å². The summed E-state index contributed by atoms with van der Waals surface area (Å²) >= 11 is 1.64. The van der Waals surface area contributed by atoms with Gasteiger partial charge in [0.15, 0.2) is 5.65 Å². The molecular weight excluding hydrogens is 294 g/mol. The van der Waals surface area contributed by atoms with Crippen LogP contribution >= 0.6 is 11.3 Å². The van der Waals surface area contributed by atoms with Crippen molar-refractivity contribution in [3.63, 3.8) is 0 Å². The third-order valence-electron chi connectivity index (χ3n) is 3.37. The van der Waals surface area contributed by atoms with Gasteiger partial charge in [-0.1, -0.05) is 36.4 Å². The van der Waals surface area contributed by atoms with Crippen molar-refractivity contribution in [3.05, 3.63) is 65.3 Å². The van der Waals surface area contributed by atoms with Gasteiger partial charge < -0.3 is 5.73 Å². The minimum atomic E-state index is 0.360. The summed E-state index contributed by atoms with van der Waals surface area (Å²) in [6, 6.07) is 16.1. The number of fused-ring (bicyclic) bond motifs is 1. The second-order valence-corrected chi connectivity index (χ2v) is 5.88. The van der Waals surface area contributed by atoms with Gasteiger partial charge >= 0.3 is 0 Å². The molecule has 108 valence electrons. The Hall–Kier alpha value is -2.73. The molecule has 0 saturated carbocycles. The van der Waals surface area contributed by atoms with Crippen molar-refractivity contribution in [2.75, 3.05) is 5.73 Å². The first-order valence-electron chi connectivity index (χ1n) is 6.89. The van der Waals surface area contributed by atoms with E-state index in [1.165, 1.54) is 0 Å². The van der Waals surface area contributed by atoms with E-state index < -0.39 is 0 Å². The van der Waals surface area contributed by atoms with Crippen molar-refractivity contribution in [2.24, 2.45) is 0 Å². The van der Waals surface area contributed by atoms with Crippen molar-refractivity contribution in [3.8, 4) is 10.6 Å². The molecular formula is C16H13N5S. The molecule has 2 N–H and O–H groups in total. The zero-order valence-corrected chi connectivity index (χ0v) is 12.5. The quantitative estimate of drug-likeness (QED) is 0.631. The number of nitrogens with zero attached hydrogens (tertiary/aromatic N) is 4. The highest BCUT2D eigenvalue weighted by molar-refractivity contribution is 7.13. The van der Waals surface area contributed by atoms with E-state index in [1.807, 2.05) is 41.8 Å². The zero-order valence-electron chi connectivity index (χ0n) is 11.7. The summed E-state index contributed by atoms with van der Waals surface area (Å²) in [6.07, 6.45) is 0.654. The summed E-state index contributed by atoms with van der Waals surface area (Å²) in [5.74, 6) is 1.06. The molecule has 0 aliphatic heterocycles. The van der Waals surface area contributed by atoms with Crippen LogP contribution in [0.2, 0.25) is 0 Å². The number of benzene rings is 1. The van der Waals surface area contributed by atoms with Crippen LogP contribution in [0.15, 0.2) is 53.9 Å². The molecule has 0 bridgehead atoms. The van der Waals surface area contributed by atoms with E-state index >= 15 is 0 Å². The van der Waals surface area contributed by atoms with Crippen molar-refractivity contribution in [1.82, 2.24) is 19.6 Å². The van der Waals surface area contributed by atoms with Crippen molar-refractivity contribution in [1.29, 1.82) is 0 Å². The van der Waals surface area contributed by atoms with Gasteiger partial charge in [0.05, 0.1) is 4.88 Å². The monoisotopic (exact) mass is 307 g/mol. The highest BCUT2D eigenvalue weighted by Crippen LogP contribution is 2.24. The largest absolute Gasteiger partial charge is 0.368 e. The van der Waals surface area contributed by atoms with Crippen LogP contribution in [0, 0.1) is 0 Å². The Bertz CT molecular complexity index is 913. The fourth-order valence-electron chi connectivity index (χ4n) is 2.36. The standard InChI is InChI=1S/C16H13N5S/c17-16-19-14(9-11-5-2-1-3-6-11)18-15-10-12(20-21(15)16)13-7-4-8-22-13/h1-8,10H,9H2,(H2,17,18,19). The minimum Gasteiger partial charge on any atom is -0.368 e. The Kier molecular flexibility index (Phi) is 3.08. The molecule has 0 unspecified atom stereocenters. The minimum absolute atomic E-state index is 0.360. The lowest BCUT2D eigenvalue weighted by molar-refractivity contribution is 0.868. The summed E-state index contributed by atoms with van der Waals surface area (Å²) in [6.45, 7) is 0. The maximum atomic E-state index is 6.03. The van der Waals surface area contributed by atoms with Gasteiger partial charge in [-0.25, -0.2) is 4.98 Å². The van der Waals surface area contributed by atoms with Gasteiger partial charge in [-0.3, -0.25) is 0 Å². The maximum Gasteiger partial charge on any atom is 0.224 e. The van der Waals surface area contributed by atoms with Crippen LogP contribution in [0.4, 0.5) is 5.95 Å². The highest BCUT2D eigenvalue weighted by atomic mass is 32.1. The third-order valence-corrected chi connectivity index (χ3v) is 4.27. The molecule has 4 rings (SSSR count). The lowest BCUT2D eigenvalue weighted by Gasteiger charge is -2.03. The van der Waals surface area contributed by atoms with Gasteiger partial charge in [0.25, 0.3) is 0 Å². The predicted molar refractivity (Wildman–Crippen MR) is 87.8 cm³/mol. The normalized spacial score (nSPS) is 11.1. The van der Waals surface area contributed by atoms with Crippen LogP contribution in [-0.2, 0) is 6.42 Å². The van der Waals surface area contributed by atoms with E-state index in [4.69, 9.17) is 5.73 Å². The van der Waals surface area contributed by atoms with Crippen molar-refractivity contribution < 1.29 is 0 Å². The molecule has 3 heterocycles. The smallest absolute Gasteiger partial charge is 0.224 e. The second-order valence-electron chi connectivity index (χ2n) is 4.94. The molecule has 0 saturated heterocycles. The average molecular weight is 307 g/mol. The van der Waals surface area contributed by atoms with E-state index in [-0.39, 0.29) is 0 Å². The maximum absolute atomic E-state index is 6.03. The fourth-order valence-corrected chi connectivity index (χ4v) is 3.04. The molecule has 3 aromatic heterocycles. The summed E-state index contributed by atoms with van der Waals surface area (Å²) in [5.41, 5.74) is 8.78. The van der Waals surface area contributed by atoms with E-state index in [1.54, 1.807) is 15.9 Å². The summed E-state index contributed by atoms with van der Waals surface area (Å²) in [7, 11) is 0. The number of nitrogens with two attached hydrogens (primary N) is 1. The number of rotatable bonds is 3. The Morgan fingerprint density at radius 3 is 2.68 bits per heavy atom. The number of nitrogen functional groups attached to an aromatic ring is 1. The number of anilines is 1. The van der Waals surface area contributed by atoms with Crippen molar-refractivity contribution in [2.45, 2.75) is 6.42 Å². The third kappa shape index (κ3) is 2.33. The molecule has 0 atom stereocenters. The molecule has 4 aromatic rings. The molecule has 0 aliphatic carbocycles. The summed E-state index contributed by atoms with van der Waals surface area (Å²) < 4.78 is 1.59. The zero-order chi connectivity index (χ0) is 14.9. The molecule has 0 radical (unpaired) electrons. The van der Waals surface area contributed by atoms with Crippen LogP contribution < -0.4 is 5.73 Å². The molecule has 5 nitrogen and oxygen atoms in total. The van der Waals surface area contributed by atoms with Gasteiger partial charge in [0.2, 0.25) is 5.95 Å². The van der Waals surface area contributed by atoms with Gasteiger partial charge in [-0.05, 0) is 17.0 Å². The van der Waals surface area contributed by atoms with Gasteiger partial charge in [0, 0.05) is 12.5 Å². The van der Waals surface area contributed by atoms with Gasteiger partial charge in [-0.15, -0.1) is 11.3 Å².